The number of aromatic nitrogens is 3. The second kappa shape index (κ2) is 5.00. The third-order valence-electron chi connectivity index (χ3n) is 2.73. The van der Waals surface area contributed by atoms with Gasteiger partial charge in [-0.3, -0.25) is 0 Å². The van der Waals surface area contributed by atoms with Crippen LogP contribution in [0.2, 0.25) is 0 Å². The van der Waals surface area contributed by atoms with Crippen LogP contribution in [0.5, 0.6) is 0 Å². The Morgan fingerprint density at radius 2 is 2.59 bits per heavy atom. The van der Waals surface area contributed by atoms with Crippen LogP contribution in [0.15, 0.2) is 11.4 Å². The summed E-state index contributed by atoms with van der Waals surface area (Å²) < 4.78 is 7.23. The van der Waals surface area contributed by atoms with Crippen molar-refractivity contribution in [3.63, 3.8) is 0 Å². The Morgan fingerprint density at radius 3 is 3.29 bits per heavy atom. The molecule has 1 saturated heterocycles. The molecule has 2 rings (SSSR count). The van der Waals surface area contributed by atoms with Crippen LogP contribution in [0.1, 0.15) is 6.92 Å². The minimum atomic E-state index is -0.394. The SMILES string of the molecule is CCn1nncc1N1CCOC(/C(N)=N/O)C1. The standard InChI is InChI=1S/C9H16N6O2/c1-2-15-8(5-11-13-15)14-3-4-17-7(6-14)9(10)12-16/h5,7,16H,2-4,6H2,1H3,(H2,10,12). The molecule has 1 atom stereocenters. The van der Waals surface area contributed by atoms with Crippen LogP contribution in [0.25, 0.3) is 0 Å². The van der Waals surface area contributed by atoms with Crippen LogP contribution in [-0.4, -0.2) is 51.8 Å². The Balaban J connectivity index is 2.12. The normalized spacial score (nSPS) is 21.8. The Morgan fingerprint density at radius 1 is 1.76 bits per heavy atom. The van der Waals surface area contributed by atoms with E-state index in [0.29, 0.717) is 13.2 Å². The van der Waals surface area contributed by atoms with Gasteiger partial charge in [0.1, 0.15) is 11.9 Å². The van der Waals surface area contributed by atoms with Crippen LogP contribution in [0, 0.1) is 0 Å². The summed E-state index contributed by atoms with van der Waals surface area (Å²) in [5, 5.41) is 19.5. The van der Waals surface area contributed by atoms with Crippen molar-refractivity contribution in [1.82, 2.24) is 15.0 Å². The Bertz CT molecular complexity index is 404. The van der Waals surface area contributed by atoms with Gasteiger partial charge in [-0.05, 0) is 6.92 Å². The number of anilines is 1. The topological polar surface area (TPSA) is 102 Å². The van der Waals surface area contributed by atoms with Gasteiger partial charge in [-0.15, -0.1) is 5.10 Å². The maximum Gasteiger partial charge on any atom is 0.170 e. The first-order valence-corrected chi connectivity index (χ1v) is 5.48. The molecule has 1 unspecified atom stereocenters. The molecule has 0 spiro atoms. The zero-order chi connectivity index (χ0) is 12.3. The van der Waals surface area contributed by atoms with Crippen molar-refractivity contribution in [2.24, 2.45) is 10.9 Å². The summed E-state index contributed by atoms with van der Waals surface area (Å²) in [6.45, 7) is 4.54. The van der Waals surface area contributed by atoms with E-state index in [1.165, 1.54) is 0 Å². The fourth-order valence-electron chi connectivity index (χ4n) is 1.82. The fourth-order valence-corrected chi connectivity index (χ4v) is 1.82. The first-order chi connectivity index (χ1) is 8.26. The number of hydrogen-bond acceptors (Lipinski definition) is 6. The van der Waals surface area contributed by atoms with E-state index in [4.69, 9.17) is 15.7 Å². The van der Waals surface area contributed by atoms with E-state index in [-0.39, 0.29) is 5.84 Å². The monoisotopic (exact) mass is 240 g/mol. The molecule has 0 radical (unpaired) electrons. The van der Waals surface area contributed by atoms with Gasteiger partial charge in [0.05, 0.1) is 19.3 Å². The summed E-state index contributed by atoms with van der Waals surface area (Å²) >= 11 is 0. The zero-order valence-corrected chi connectivity index (χ0v) is 9.65. The molecule has 0 aromatic carbocycles. The van der Waals surface area contributed by atoms with Crippen molar-refractivity contribution in [2.45, 2.75) is 19.6 Å². The summed E-state index contributed by atoms with van der Waals surface area (Å²) in [4.78, 5) is 2.07. The summed E-state index contributed by atoms with van der Waals surface area (Å²) in [6, 6.07) is 0. The highest BCUT2D eigenvalue weighted by molar-refractivity contribution is 5.85. The third kappa shape index (κ3) is 2.31. The smallest absolute Gasteiger partial charge is 0.170 e. The van der Waals surface area contributed by atoms with Crippen LogP contribution in [0.3, 0.4) is 0 Å². The maximum absolute atomic E-state index is 8.64. The number of aryl methyl sites for hydroxylation is 1. The molecule has 94 valence electrons. The predicted molar refractivity (Wildman–Crippen MR) is 61.1 cm³/mol. The number of morpholine rings is 1. The zero-order valence-electron chi connectivity index (χ0n) is 9.65. The molecule has 2 heterocycles. The van der Waals surface area contributed by atoms with E-state index in [9.17, 15) is 0 Å². The first-order valence-electron chi connectivity index (χ1n) is 5.48. The lowest BCUT2D eigenvalue weighted by Gasteiger charge is -2.33. The lowest BCUT2D eigenvalue weighted by molar-refractivity contribution is 0.0800. The average molecular weight is 240 g/mol. The summed E-state index contributed by atoms with van der Waals surface area (Å²) in [6.07, 6.45) is 1.31. The maximum atomic E-state index is 8.64. The van der Waals surface area contributed by atoms with E-state index >= 15 is 0 Å². The molecule has 3 N–H and O–H groups in total. The molecule has 0 saturated carbocycles. The molecule has 17 heavy (non-hydrogen) atoms. The molecule has 1 aromatic heterocycles. The van der Waals surface area contributed by atoms with Gasteiger partial charge < -0.3 is 20.6 Å². The molecule has 1 aromatic rings. The van der Waals surface area contributed by atoms with E-state index in [0.717, 1.165) is 18.9 Å². The number of ether oxygens (including phenoxy) is 1. The molecule has 0 amide bonds. The van der Waals surface area contributed by atoms with Gasteiger partial charge in [0.2, 0.25) is 0 Å². The second-order valence-electron chi connectivity index (χ2n) is 3.74. The Labute approximate surface area is 98.6 Å². The summed E-state index contributed by atoms with van der Waals surface area (Å²) in [7, 11) is 0. The number of amidine groups is 1. The minimum Gasteiger partial charge on any atom is -0.409 e. The van der Waals surface area contributed by atoms with Crippen molar-refractivity contribution in [1.29, 1.82) is 0 Å². The highest BCUT2D eigenvalue weighted by Gasteiger charge is 2.25. The lowest BCUT2D eigenvalue weighted by atomic mass is 10.2. The van der Waals surface area contributed by atoms with Crippen LogP contribution in [-0.2, 0) is 11.3 Å². The summed E-state index contributed by atoms with van der Waals surface area (Å²) in [5.41, 5.74) is 5.54. The van der Waals surface area contributed by atoms with Crippen LogP contribution in [0.4, 0.5) is 5.82 Å². The van der Waals surface area contributed by atoms with Crippen molar-refractivity contribution in [3.05, 3.63) is 6.20 Å². The van der Waals surface area contributed by atoms with Gasteiger partial charge in [-0.1, -0.05) is 10.4 Å². The van der Waals surface area contributed by atoms with Gasteiger partial charge in [-0.2, -0.15) is 0 Å². The van der Waals surface area contributed by atoms with Gasteiger partial charge in [-0.25, -0.2) is 4.68 Å². The highest BCUT2D eigenvalue weighted by Crippen LogP contribution is 2.16. The number of nitrogens with two attached hydrogens (primary N) is 1. The second-order valence-corrected chi connectivity index (χ2v) is 3.74. The first kappa shape index (κ1) is 11.6. The van der Waals surface area contributed by atoms with Gasteiger partial charge in [0.15, 0.2) is 5.84 Å². The Hall–Kier alpha value is -1.83. The molecule has 1 fully saturated rings. The van der Waals surface area contributed by atoms with Crippen LogP contribution >= 0.6 is 0 Å². The lowest BCUT2D eigenvalue weighted by Crippen LogP contribution is -2.49. The highest BCUT2D eigenvalue weighted by atomic mass is 16.5. The summed E-state index contributed by atoms with van der Waals surface area (Å²) in [5.74, 6) is 1.01. The van der Waals surface area contributed by atoms with E-state index in [1.54, 1.807) is 10.9 Å². The predicted octanol–water partition coefficient (Wildman–Crippen LogP) is -0.750. The number of oxime groups is 1. The molecule has 8 heteroatoms. The van der Waals surface area contributed by atoms with Crippen molar-refractivity contribution < 1.29 is 9.94 Å². The van der Waals surface area contributed by atoms with Crippen molar-refractivity contribution in [2.75, 3.05) is 24.6 Å². The van der Waals surface area contributed by atoms with Gasteiger partial charge in [0, 0.05) is 13.1 Å². The number of nitrogens with zero attached hydrogens (tertiary/aromatic N) is 5. The molecular weight excluding hydrogens is 224 g/mol. The average Bonchev–Trinajstić information content (AvgIpc) is 2.86. The Kier molecular flexibility index (Phi) is 3.43. The molecule has 8 nitrogen and oxygen atoms in total. The minimum absolute atomic E-state index is 0.0882. The number of hydrogen-bond donors (Lipinski definition) is 2. The fraction of sp³-hybridized carbons (Fsp3) is 0.667. The molecular formula is C9H16N6O2. The number of rotatable bonds is 3. The van der Waals surface area contributed by atoms with Crippen molar-refractivity contribution >= 4 is 11.7 Å². The van der Waals surface area contributed by atoms with E-state index in [1.807, 2.05) is 6.92 Å². The van der Waals surface area contributed by atoms with Crippen molar-refractivity contribution in [3.8, 4) is 0 Å². The largest absolute Gasteiger partial charge is 0.409 e. The molecule has 1 aliphatic rings. The third-order valence-corrected chi connectivity index (χ3v) is 2.73. The van der Waals surface area contributed by atoms with Crippen LogP contribution < -0.4 is 10.6 Å². The molecule has 1 aliphatic heterocycles. The quantitative estimate of drug-likeness (QED) is 0.312. The molecule has 0 bridgehead atoms. The van der Waals surface area contributed by atoms with Gasteiger partial charge in [0.25, 0.3) is 0 Å². The van der Waals surface area contributed by atoms with E-state index in [2.05, 4.69) is 20.4 Å². The molecule has 0 aliphatic carbocycles. The van der Waals surface area contributed by atoms with E-state index < -0.39 is 6.10 Å². The van der Waals surface area contributed by atoms with Gasteiger partial charge >= 0.3 is 0 Å².